The summed E-state index contributed by atoms with van der Waals surface area (Å²) in [5.74, 6) is -0.854. The van der Waals surface area contributed by atoms with Gasteiger partial charge in [-0.1, -0.05) is 12.1 Å². The molecule has 0 saturated heterocycles. The summed E-state index contributed by atoms with van der Waals surface area (Å²) in [6, 6.07) is 5.77. The number of halogens is 1. The van der Waals surface area contributed by atoms with Crippen molar-refractivity contribution in [2.24, 2.45) is 0 Å². The van der Waals surface area contributed by atoms with E-state index in [2.05, 4.69) is 10.2 Å². The first-order valence-electron chi connectivity index (χ1n) is 5.40. The van der Waals surface area contributed by atoms with E-state index in [4.69, 9.17) is 10.5 Å². The first kappa shape index (κ1) is 12.1. The van der Waals surface area contributed by atoms with Crippen LogP contribution in [-0.2, 0) is 4.74 Å². The molecule has 0 aliphatic rings. The molecule has 0 radical (unpaired) electrons. The number of nitrogens with two attached hydrogens (primary N) is 1. The van der Waals surface area contributed by atoms with E-state index in [0.717, 1.165) is 0 Å². The number of ether oxygens (including phenoxy) is 1. The molecule has 5 nitrogen and oxygen atoms in total. The first-order chi connectivity index (χ1) is 8.63. The maximum absolute atomic E-state index is 13.2. The zero-order valence-corrected chi connectivity index (χ0v) is 9.74. The lowest BCUT2D eigenvalue weighted by molar-refractivity contribution is 0.0520. The van der Waals surface area contributed by atoms with E-state index in [1.165, 1.54) is 18.2 Å². The van der Waals surface area contributed by atoms with E-state index in [-0.39, 0.29) is 18.1 Å². The minimum atomic E-state index is -0.569. The number of nitrogen functional groups attached to an aromatic ring is 1. The Kier molecular flexibility index (Phi) is 3.27. The second kappa shape index (κ2) is 4.87. The summed E-state index contributed by atoms with van der Waals surface area (Å²) in [5.41, 5.74) is 6.64. The van der Waals surface area contributed by atoms with E-state index < -0.39 is 11.8 Å². The molecule has 0 amide bonds. The third-order valence-electron chi connectivity index (χ3n) is 2.39. The number of anilines is 1. The number of carbonyl (C=O) groups is 1. The fourth-order valence-corrected chi connectivity index (χ4v) is 1.64. The Morgan fingerprint density at radius 2 is 2.33 bits per heavy atom. The quantitative estimate of drug-likeness (QED) is 0.815. The van der Waals surface area contributed by atoms with Crippen LogP contribution in [0.15, 0.2) is 24.3 Å². The summed E-state index contributed by atoms with van der Waals surface area (Å²) >= 11 is 0. The Bertz CT molecular complexity index is 580. The van der Waals surface area contributed by atoms with Gasteiger partial charge in [-0.05, 0) is 24.6 Å². The number of hydrogen-bond donors (Lipinski definition) is 2. The molecule has 18 heavy (non-hydrogen) atoms. The molecule has 1 aromatic heterocycles. The second-order valence-corrected chi connectivity index (χ2v) is 3.59. The number of aromatic nitrogens is 2. The van der Waals surface area contributed by atoms with Crippen LogP contribution in [0.1, 0.15) is 17.4 Å². The van der Waals surface area contributed by atoms with Crippen LogP contribution in [0.25, 0.3) is 11.1 Å². The normalized spacial score (nSPS) is 10.3. The molecule has 0 spiro atoms. The number of H-pyrrole nitrogens is 1. The summed E-state index contributed by atoms with van der Waals surface area (Å²) in [4.78, 5) is 11.7. The van der Waals surface area contributed by atoms with Crippen LogP contribution in [0.4, 0.5) is 10.2 Å². The van der Waals surface area contributed by atoms with Crippen molar-refractivity contribution in [2.75, 3.05) is 12.3 Å². The highest BCUT2D eigenvalue weighted by Crippen LogP contribution is 2.28. The van der Waals surface area contributed by atoms with Crippen molar-refractivity contribution in [1.82, 2.24) is 10.2 Å². The van der Waals surface area contributed by atoms with E-state index in [9.17, 15) is 9.18 Å². The predicted octanol–water partition coefficient (Wildman–Crippen LogP) is 1.97. The van der Waals surface area contributed by atoms with Gasteiger partial charge in [-0.15, -0.1) is 0 Å². The van der Waals surface area contributed by atoms with E-state index in [1.54, 1.807) is 13.0 Å². The van der Waals surface area contributed by atoms with Crippen molar-refractivity contribution in [3.63, 3.8) is 0 Å². The van der Waals surface area contributed by atoms with Gasteiger partial charge in [0.25, 0.3) is 0 Å². The van der Waals surface area contributed by atoms with Crippen LogP contribution in [0.5, 0.6) is 0 Å². The van der Waals surface area contributed by atoms with E-state index in [1.807, 2.05) is 0 Å². The van der Waals surface area contributed by atoms with Crippen molar-refractivity contribution in [3.8, 4) is 11.1 Å². The topological polar surface area (TPSA) is 81.0 Å². The van der Waals surface area contributed by atoms with Crippen molar-refractivity contribution in [1.29, 1.82) is 0 Å². The Balaban J connectivity index is 2.50. The maximum Gasteiger partial charge on any atom is 0.357 e. The second-order valence-electron chi connectivity index (χ2n) is 3.59. The molecule has 0 bridgehead atoms. The number of rotatable bonds is 3. The average molecular weight is 249 g/mol. The fraction of sp³-hybridized carbons (Fsp3) is 0.167. The van der Waals surface area contributed by atoms with Gasteiger partial charge in [0, 0.05) is 0 Å². The highest BCUT2D eigenvalue weighted by atomic mass is 19.1. The molecule has 6 heteroatoms. The predicted molar refractivity (Wildman–Crippen MR) is 64.4 cm³/mol. The number of hydrogen-bond acceptors (Lipinski definition) is 4. The van der Waals surface area contributed by atoms with Crippen molar-refractivity contribution >= 4 is 11.8 Å². The highest BCUT2D eigenvalue weighted by molar-refractivity contribution is 5.98. The number of nitrogens with zero attached hydrogens (tertiary/aromatic N) is 1. The Morgan fingerprint density at radius 3 is 3.00 bits per heavy atom. The van der Waals surface area contributed by atoms with Crippen LogP contribution in [-0.4, -0.2) is 22.8 Å². The zero-order chi connectivity index (χ0) is 13.1. The lowest BCUT2D eigenvalue weighted by Gasteiger charge is -2.04. The van der Waals surface area contributed by atoms with Gasteiger partial charge in [0.05, 0.1) is 12.2 Å². The summed E-state index contributed by atoms with van der Waals surface area (Å²) in [7, 11) is 0. The van der Waals surface area contributed by atoms with Gasteiger partial charge in [0.2, 0.25) is 0 Å². The lowest BCUT2D eigenvalue weighted by Crippen LogP contribution is -2.06. The van der Waals surface area contributed by atoms with Gasteiger partial charge in [0.1, 0.15) is 5.82 Å². The number of aromatic amines is 1. The van der Waals surface area contributed by atoms with Crippen molar-refractivity contribution < 1.29 is 13.9 Å². The Hall–Kier alpha value is -2.37. The van der Waals surface area contributed by atoms with Gasteiger partial charge in [-0.25, -0.2) is 9.18 Å². The van der Waals surface area contributed by atoms with Crippen LogP contribution < -0.4 is 5.73 Å². The van der Waals surface area contributed by atoms with Crippen LogP contribution in [0.2, 0.25) is 0 Å². The average Bonchev–Trinajstić information content (AvgIpc) is 2.71. The molecule has 0 atom stereocenters. The summed E-state index contributed by atoms with van der Waals surface area (Å²) < 4.78 is 18.1. The smallest absolute Gasteiger partial charge is 0.357 e. The molecule has 94 valence electrons. The van der Waals surface area contributed by atoms with E-state index in [0.29, 0.717) is 11.1 Å². The third-order valence-corrected chi connectivity index (χ3v) is 2.39. The molecule has 2 aromatic rings. The van der Waals surface area contributed by atoms with Gasteiger partial charge in [-0.2, -0.15) is 5.10 Å². The van der Waals surface area contributed by atoms with Crippen LogP contribution in [0, 0.1) is 5.82 Å². The summed E-state index contributed by atoms with van der Waals surface area (Å²) in [6.45, 7) is 1.93. The number of nitrogens with one attached hydrogen (secondary N) is 1. The Labute approximate surface area is 103 Å². The minimum Gasteiger partial charge on any atom is -0.461 e. The van der Waals surface area contributed by atoms with E-state index >= 15 is 0 Å². The SMILES string of the molecule is CCOC(=O)c1[nH]nc(N)c1-c1cccc(F)c1. The molecule has 1 aromatic carbocycles. The molecule has 0 aliphatic carbocycles. The lowest BCUT2D eigenvalue weighted by atomic mass is 10.1. The van der Waals surface area contributed by atoms with Crippen LogP contribution >= 0.6 is 0 Å². The molecule has 0 fully saturated rings. The van der Waals surface area contributed by atoms with Crippen molar-refractivity contribution in [3.05, 3.63) is 35.8 Å². The molecule has 0 aliphatic heterocycles. The molecule has 0 unspecified atom stereocenters. The zero-order valence-electron chi connectivity index (χ0n) is 9.74. The van der Waals surface area contributed by atoms with Gasteiger partial charge in [0.15, 0.2) is 11.5 Å². The van der Waals surface area contributed by atoms with Gasteiger partial charge >= 0.3 is 5.97 Å². The first-order valence-corrected chi connectivity index (χ1v) is 5.40. The summed E-state index contributed by atoms with van der Waals surface area (Å²) in [5, 5.41) is 6.26. The monoisotopic (exact) mass is 249 g/mol. The standard InChI is InChI=1S/C12H12FN3O2/c1-2-18-12(17)10-9(11(14)16-15-10)7-4-3-5-8(13)6-7/h3-6H,2H2,1H3,(H3,14,15,16). The van der Waals surface area contributed by atoms with Gasteiger partial charge in [-0.3, -0.25) is 5.10 Å². The number of esters is 1. The van der Waals surface area contributed by atoms with Crippen LogP contribution in [0.3, 0.4) is 0 Å². The molecule has 1 heterocycles. The number of benzene rings is 1. The molecule has 0 saturated carbocycles. The molecular formula is C12H12FN3O2. The molecular weight excluding hydrogens is 237 g/mol. The van der Waals surface area contributed by atoms with Crippen molar-refractivity contribution in [2.45, 2.75) is 6.92 Å². The van der Waals surface area contributed by atoms with Gasteiger partial charge < -0.3 is 10.5 Å². The fourth-order valence-electron chi connectivity index (χ4n) is 1.64. The molecule has 2 rings (SSSR count). The minimum absolute atomic E-state index is 0.125. The highest BCUT2D eigenvalue weighted by Gasteiger charge is 2.20. The maximum atomic E-state index is 13.2. The largest absolute Gasteiger partial charge is 0.461 e. The Morgan fingerprint density at radius 1 is 1.56 bits per heavy atom. The third kappa shape index (κ3) is 2.17. The molecule has 3 N–H and O–H groups in total. The number of carbonyl (C=O) groups excluding carboxylic acids is 1. The summed E-state index contributed by atoms with van der Waals surface area (Å²) in [6.07, 6.45) is 0.